The molecule has 18 heavy (non-hydrogen) atoms. The molecular weight excluding hydrogens is 240 g/mol. The lowest BCUT2D eigenvalue weighted by Crippen LogP contribution is -2.28. The van der Waals surface area contributed by atoms with Crippen LogP contribution in [0.15, 0.2) is 18.2 Å². The molecule has 0 aliphatic heterocycles. The highest BCUT2D eigenvalue weighted by Gasteiger charge is 2.16. The molecule has 1 rings (SSSR count). The van der Waals surface area contributed by atoms with Gasteiger partial charge in [-0.3, -0.25) is 19.7 Å². The van der Waals surface area contributed by atoms with Crippen molar-refractivity contribution in [1.29, 1.82) is 0 Å². The largest absolute Gasteiger partial charge is 0.477 e. The molecule has 0 bridgehead atoms. The third kappa shape index (κ3) is 3.55. The summed E-state index contributed by atoms with van der Waals surface area (Å²) in [6.45, 7) is 1.85. The van der Waals surface area contributed by atoms with Gasteiger partial charge in [-0.25, -0.2) is 0 Å². The van der Waals surface area contributed by atoms with Crippen LogP contribution >= 0.6 is 0 Å². The first-order valence-corrected chi connectivity index (χ1v) is 5.21. The minimum atomic E-state index is -0.637. The molecule has 0 heterocycles. The van der Waals surface area contributed by atoms with E-state index < -0.39 is 4.92 Å². The maximum absolute atomic E-state index is 11.2. The van der Waals surface area contributed by atoms with Gasteiger partial charge < -0.3 is 10.1 Å². The minimum absolute atomic E-state index is 0.101. The van der Waals surface area contributed by atoms with E-state index in [1.54, 1.807) is 6.92 Å². The van der Waals surface area contributed by atoms with Crippen LogP contribution in [0.4, 0.5) is 5.69 Å². The Labute approximate surface area is 103 Å². The summed E-state index contributed by atoms with van der Waals surface area (Å²) in [6, 6.07) is 3.70. The van der Waals surface area contributed by atoms with Crippen LogP contribution in [0.5, 0.6) is 5.75 Å². The Morgan fingerprint density at radius 1 is 1.56 bits per heavy atom. The van der Waals surface area contributed by atoms with Crippen LogP contribution in [0.2, 0.25) is 0 Å². The summed E-state index contributed by atoms with van der Waals surface area (Å²) < 4.78 is 5.04. The number of nitro groups is 1. The van der Waals surface area contributed by atoms with Gasteiger partial charge in [-0.05, 0) is 19.1 Å². The molecule has 0 spiro atoms. The predicted molar refractivity (Wildman–Crippen MR) is 62.7 cm³/mol. The number of likely N-dealkylation sites (N-methyl/N-ethyl adjacent to an activating group) is 1. The molecule has 0 aromatic heterocycles. The van der Waals surface area contributed by atoms with Crippen LogP contribution in [0.3, 0.4) is 0 Å². The normalized spacial score (nSPS) is 9.61. The number of nitro benzene ring substituents is 1. The van der Waals surface area contributed by atoms with Gasteiger partial charge in [0.2, 0.25) is 0 Å². The Kier molecular flexibility index (Phi) is 4.79. The van der Waals surface area contributed by atoms with Gasteiger partial charge in [0, 0.05) is 18.2 Å². The van der Waals surface area contributed by atoms with Crippen molar-refractivity contribution in [1.82, 2.24) is 5.32 Å². The van der Waals surface area contributed by atoms with Crippen LogP contribution < -0.4 is 10.1 Å². The molecule has 0 fully saturated rings. The highest BCUT2D eigenvalue weighted by Crippen LogP contribution is 2.27. The van der Waals surface area contributed by atoms with E-state index in [2.05, 4.69) is 5.32 Å². The summed E-state index contributed by atoms with van der Waals surface area (Å²) in [7, 11) is 0. The Balaban J connectivity index is 2.87. The number of aldehydes is 1. The smallest absolute Gasteiger partial charge is 0.310 e. The van der Waals surface area contributed by atoms with E-state index in [0.29, 0.717) is 12.8 Å². The van der Waals surface area contributed by atoms with Crippen molar-refractivity contribution >= 4 is 17.9 Å². The summed E-state index contributed by atoms with van der Waals surface area (Å²) in [5.41, 5.74) is -0.0450. The van der Waals surface area contributed by atoms with Crippen molar-refractivity contribution in [3.8, 4) is 5.75 Å². The molecule has 96 valence electrons. The summed E-state index contributed by atoms with van der Waals surface area (Å²) in [4.78, 5) is 31.8. The fourth-order valence-electron chi connectivity index (χ4n) is 1.26. The SMILES string of the molecule is CCNC(=O)COc1cc(C=O)ccc1[N+](=O)[O-]. The highest BCUT2D eigenvalue weighted by molar-refractivity contribution is 5.79. The summed E-state index contributed by atoms with van der Waals surface area (Å²) in [6.07, 6.45) is 0.544. The molecule has 0 radical (unpaired) electrons. The topological polar surface area (TPSA) is 98.5 Å². The Hall–Kier alpha value is -2.44. The summed E-state index contributed by atoms with van der Waals surface area (Å²) in [5, 5.41) is 13.2. The third-order valence-electron chi connectivity index (χ3n) is 2.05. The molecule has 0 saturated heterocycles. The molecule has 1 amide bonds. The molecule has 1 N–H and O–H groups in total. The minimum Gasteiger partial charge on any atom is -0.477 e. The predicted octanol–water partition coefficient (Wildman–Crippen LogP) is 0.922. The maximum Gasteiger partial charge on any atom is 0.310 e. The van der Waals surface area contributed by atoms with Crippen LogP contribution in [0.1, 0.15) is 17.3 Å². The molecule has 0 saturated carbocycles. The second-order valence-corrected chi connectivity index (χ2v) is 3.34. The molecule has 0 unspecified atom stereocenters. The van der Waals surface area contributed by atoms with Crippen molar-refractivity contribution in [2.75, 3.05) is 13.2 Å². The second-order valence-electron chi connectivity index (χ2n) is 3.34. The fourth-order valence-corrected chi connectivity index (χ4v) is 1.26. The van der Waals surface area contributed by atoms with E-state index in [9.17, 15) is 19.7 Å². The Bertz CT molecular complexity index is 473. The van der Waals surface area contributed by atoms with Crippen LogP contribution in [0.25, 0.3) is 0 Å². The number of ether oxygens (including phenoxy) is 1. The van der Waals surface area contributed by atoms with Gasteiger partial charge in [0.25, 0.3) is 5.91 Å². The highest BCUT2D eigenvalue weighted by atomic mass is 16.6. The number of nitrogens with zero attached hydrogens (tertiary/aromatic N) is 1. The van der Waals surface area contributed by atoms with E-state index in [-0.39, 0.29) is 29.5 Å². The zero-order valence-corrected chi connectivity index (χ0v) is 9.71. The van der Waals surface area contributed by atoms with Crippen LogP contribution in [-0.4, -0.2) is 30.3 Å². The van der Waals surface area contributed by atoms with E-state index in [1.165, 1.54) is 12.1 Å². The van der Waals surface area contributed by atoms with Crippen molar-refractivity contribution in [2.45, 2.75) is 6.92 Å². The Morgan fingerprint density at radius 3 is 2.83 bits per heavy atom. The number of carbonyl (C=O) groups excluding carboxylic acids is 2. The van der Waals surface area contributed by atoms with Gasteiger partial charge in [-0.2, -0.15) is 0 Å². The van der Waals surface area contributed by atoms with Crippen LogP contribution in [0, 0.1) is 10.1 Å². The summed E-state index contributed by atoms with van der Waals surface area (Å²) in [5.74, 6) is -0.487. The van der Waals surface area contributed by atoms with E-state index in [1.807, 2.05) is 0 Å². The average Bonchev–Trinajstić information content (AvgIpc) is 2.36. The lowest BCUT2D eigenvalue weighted by Gasteiger charge is -2.07. The number of amides is 1. The van der Waals surface area contributed by atoms with E-state index >= 15 is 0 Å². The monoisotopic (exact) mass is 252 g/mol. The molecule has 1 aromatic rings. The van der Waals surface area contributed by atoms with Crippen LogP contribution in [-0.2, 0) is 4.79 Å². The maximum atomic E-state index is 11.2. The first-order valence-electron chi connectivity index (χ1n) is 5.21. The first-order chi connectivity index (χ1) is 8.58. The van der Waals surface area contributed by atoms with Gasteiger partial charge in [-0.15, -0.1) is 0 Å². The Morgan fingerprint density at radius 2 is 2.28 bits per heavy atom. The number of nitrogens with one attached hydrogen (secondary N) is 1. The molecule has 0 atom stereocenters. The number of carbonyl (C=O) groups is 2. The zero-order chi connectivity index (χ0) is 13.5. The molecule has 7 nitrogen and oxygen atoms in total. The quantitative estimate of drug-likeness (QED) is 0.461. The standard InChI is InChI=1S/C11H12N2O5/c1-2-12-11(15)7-18-10-5-8(6-14)3-4-9(10)13(16)17/h3-6H,2,7H2,1H3,(H,12,15). The van der Waals surface area contributed by atoms with E-state index in [0.717, 1.165) is 6.07 Å². The summed E-state index contributed by atoms with van der Waals surface area (Å²) >= 11 is 0. The van der Waals surface area contributed by atoms with Gasteiger partial charge >= 0.3 is 5.69 Å². The molecule has 1 aromatic carbocycles. The molecule has 7 heteroatoms. The van der Waals surface area contributed by atoms with Gasteiger partial charge in [0.15, 0.2) is 12.4 Å². The number of benzene rings is 1. The first kappa shape index (κ1) is 13.6. The second kappa shape index (κ2) is 6.33. The van der Waals surface area contributed by atoms with Crippen molar-refractivity contribution in [3.05, 3.63) is 33.9 Å². The molecule has 0 aliphatic rings. The van der Waals surface area contributed by atoms with E-state index in [4.69, 9.17) is 4.74 Å². The van der Waals surface area contributed by atoms with Gasteiger partial charge in [-0.1, -0.05) is 0 Å². The zero-order valence-electron chi connectivity index (χ0n) is 9.71. The van der Waals surface area contributed by atoms with Crippen molar-refractivity contribution in [2.24, 2.45) is 0 Å². The molecular formula is C11H12N2O5. The van der Waals surface area contributed by atoms with Crippen molar-refractivity contribution in [3.63, 3.8) is 0 Å². The fraction of sp³-hybridized carbons (Fsp3) is 0.273. The average molecular weight is 252 g/mol. The molecule has 0 aliphatic carbocycles. The number of hydrogen-bond acceptors (Lipinski definition) is 5. The lowest BCUT2D eigenvalue weighted by atomic mass is 10.2. The lowest BCUT2D eigenvalue weighted by molar-refractivity contribution is -0.385. The number of rotatable bonds is 6. The van der Waals surface area contributed by atoms with Crippen molar-refractivity contribution < 1.29 is 19.2 Å². The number of hydrogen-bond donors (Lipinski definition) is 1. The van der Waals surface area contributed by atoms with Gasteiger partial charge in [0.05, 0.1) is 4.92 Å². The third-order valence-corrected chi connectivity index (χ3v) is 2.05. The van der Waals surface area contributed by atoms with Gasteiger partial charge in [0.1, 0.15) is 6.29 Å².